The van der Waals surface area contributed by atoms with Crippen molar-refractivity contribution in [3.05, 3.63) is 23.3 Å². The molecule has 110 valence electrons. The lowest BCUT2D eigenvalue weighted by molar-refractivity contribution is -0.145. The molecule has 1 aromatic rings. The third-order valence-corrected chi connectivity index (χ3v) is 3.97. The predicted molar refractivity (Wildman–Crippen MR) is 67.0 cm³/mol. The van der Waals surface area contributed by atoms with Crippen LogP contribution in [0.25, 0.3) is 0 Å². The second-order valence-corrected chi connectivity index (χ2v) is 5.05. The highest BCUT2D eigenvalue weighted by Gasteiger charge is 2.46. The number of phenols is 1. The second kappa shape index (κ2) is 5.26. The molecular formula is C14H16F2O4. The quantitative estimate of drug-likeness (QED) is 0.896. The first-order chi connectivity index (χ1) is 9.44. The second-order valence-electron chi connectivity index (χ2n) is 5.05. The first kappa shape index (κ1) is 14.6. The Labute approximate surface area is 115 Å². The fourth-order valence-electron chi connectivity index (χ4n) is 2.91. The Morgan fingerprint density at radius 2 is 1.90 bits per heavy atom. The minimum Gasteiger partial charge on any atom is -0.504 e. The first-order valence-corrected chi connectivity index (χ1v) is 6.43. The highest BCUT2D eigenvalue weighted by Crippen LogP contribution is 2.48. The summed E-state index contributed by atoms with van der Waals surface area (Å²) in [6.45, 7) is 0. The van der Waals surface area contributed by atoms with Crippen LogP contribution in [-0.4, -0.2) is 23.3 Å². The normalized spacial score (nSPS) is 17.8. The van der Waals surface area contributed by atoms with Crippen molar-refractivity contribution in [3.63, 3.8) is 0 Å². The molecule has 0 amide bonds. The van der Waals surface area contributed by atoms with E-state index in [1.807, 2.05) is 0 Å². The van der Waals surface area contributed by atoms with Gasteiger partial charge in [0.05, 0.1) is 18.1 Å². The number of phenolic OH excluding ortho intramolecular Hbond substituents is 1. The molecule has 0 radical (unpaired) electrons. The van der Waals surface area contributed by atoms with Gasteiger partial charge in [0.25, 0.3) is 0 Å². The van der Waals surface area contributed by atoms with Gasteiger partial charge >= 0.3 is 5.97 Å². The maximum Gasteiger partial charge on any atom is 0.314 e. The molecule has 1 aliphatic rings. The maximum absolute atomic E-state index is 14.1. The average Bonchev–Trinajstić information content (AvgIpc) is 2.44. The van der Waals surface area contributed by atoms with Gasteiger partial charge < -0.3 is 14.9 Å². The van der Waals surface area contributed by atoms with Gasteiger partial charge in [-0.3, -0.25) is 4.79 Å². The molecule has 2 N–H and O–H groups in total. The van der Waals surface area contributed by atoms with Gasteiger partial charge in [0.15, 0.2) is 23.1 Å². The fourth-order valence-corrected chi connectivity index (χ4v) is 2.91. The number of rotatable bonds is 3. The number of ether oxygens (including phenoxy) is 1. The Bertz CT molecular complexity index is 536. The molecule has 0 atom stereocenters. The number of carboxylic acid groups (broad SMARTS) is 1. The lowest BCUT2D eigenvalue weighted by Crippen LogP contribution is -2.39. The number of aromatic hydroxyl groups is 1. The van der Waals surface area contributed by atoms with E-state index in [0.717, 1.165) is 6.42 Å². The summed E-state index contributed by atoms with van der Waals surface area (Å²) in [5.74, 6) is -4.67. The Balaban J connectivity index is 2.70. The van der Waals surface area contributed by atoms with E-state index in [2.05, 4.69) is 0 Å². The van der Waals surface area contributed by atoms with Gasteiger partial charge in [0.2, 0.25) is 0 Å². The molecule has 6 heteroatoms. The van der Waals surface area contributed by atoms with E-state index in [-0.39, 0.29) is 18.6 Å². The van der Waals surface area contributed by atoms with Crippen LogP contribution in [0.2, 0.25) is 0 Å². The predicted octanol–water partition coefficient (Wildman–Crippen LogP) is 2.97. The van der Waals surface area contributed by atoms with Crippen molar-refractivity contribution in [1.29, 1.82) is 0 Å². The smallest absolute Gasteiger partial charge is 0.314 e. The van der Waals surface area contributed by atoms with Crippen molar-refractivity contribution in [2.75, 3.05) is 7.11 Å². The maximum atomic E-state index is 14.1. The van der Waals surface area contributed by atoms with E-state index in [1.54, 1.807) is 0 Å². The number of carboxylic acids is 1. The standard InChI is InChI=1S/C14H16F2O4/c1-20-9-7-8(15)11(16)10(12(9)17)14(13(18)19)5-3-2-4-6-14/h7,17H,2-6H2,1H3,(H,18,19). The van der Waals surface area contributed by atoms with E-state index in [1.165, 1.54) is 7.11 Å². The summed E-state index contributed by atoms with van der Waals surface area (Å²) >= 11 is 0. The minimum atomic E-state index is -1.60. The van der Waals surface area contributed by atoms with Gasteiger partial charge in [-0.05, 0) is 12.8 Å². The summed E-state index contributed by atoms with van der Waals surface area (Å²) in [4.78, 5) is 11.7. The molecule has 0 saturated heterocycles. The number of aliphatic carboxylic acids is 1. The lowest BCUT2D eigenvalue weighted by atomic mass is 9.69. The van der Waals surface area contributed by atoms with E-state index < -0.39 is 34.3 Å². The molecule has 0 unspecified atom stereocenters. The molecular weight excluding hydrogens is 270 g/mol. The van der Waals surface area contributed by atoms with E-state index >= 15 is 0 Å². The Kier molecular flexibility index (Phi) is 3.83. The van der Waals surface area contributed by atoms with Crippen LogP contribution in [-0.2, 0) is 10.2 Å². The molecule has 20 heavy (non-hydrogen) atoms. The number of methoxy groups -OCH3 is 1. The zero-order chi connectivity index (χ0) is 14.9. The summed E-state index contributed by atoms with van der Waals surface area (Å²) in [7, 11) is 1.20. The molecule has 0 heterocycles. The van der Waals surface area contributed by atoms with Gasteiger partial charge in [0.1, 0.15) is 0 Å². The number of hydrogen-bond donors (Lipinski definition) is 2. The van der Waals surface area contributed by atoms with Crippen molar-refractivity contribution in [2.45, 2.75) is 37.5 Å². The number of benzene rings is 1. The average molecular weight is 286 g/mol. The molecule has 1 fully saturated rings. The van der Waals surface area contributed by atoms with Crippen LogP contribution >= 0.6 is 0 Å². The van der Waals surface area contributed by atoms with Crippen LogP contribution in [0.15, 0.2) is 6.07 Å². The van der Waals surface area contributed by atoms with Crippen LogP contribution in [0.3, 0.4) is 0 Å². The number of hydrogen-bond acceptors (Lipinski definition) is 3. The van der Waals surface area contributed by atoms with Crippen LogP contribution in [0.1, 0.15) is 37.7 Å². The molecule has 4 nitrogen and oxygen atoms in total. The summed E-state index contributed by atoms with van der Waals surface area (Å²) in [6.07, 6.45) is 2.34. The molecule has 0 spiro atoms. The SMILES string of the molecule is COc1cc(F)c(F)c(C2(C(=O)O)CCCCC2)c1O. The molecule has 0 aliphatic heterocycles. The van der Waals surface area contributed by atoms with Gasteiger partial charge in [-0.2, -0.15) is 0 Å². The zero-order valence-electron chi connectivity index (χ0n) is 11.1. The van der Waals surface area contributed by atoms with Gasteiger partial charge in [-0.25, -0.2) is 8.78 Å². The van der Waals surface area contributed by atoms with E-state index in [4.69, 9.17) is 4.74 Å². The van der Waals surface area contributed by atoms with Crippen molar-refractivity contribution in [3.8, 4) is 11.5 Å². The molecule has 0 bridgehead atoms. The zero-order valence-corrected chi connectivity index (χ0v) is 11.1. The van der Waals surface area contributed by atoms with Gasteiger partial charge in [0, 0.05) is 6.07 Å². The molecule has 2 rings (SSSR count). The topological polar surface area (TPSA) is 66.8 Å². The van der Waals surface area contributed by atoms with Crippen molar-refractivity contribution < 1.29 is 28.5 Å². The first-order valence-electron chi connectivity index (χ1n) is 6.43. The lowest BCUT2D eigenvalue weighted by Gasteiger charge is -2.34. The number of carbonyl (C=O) groups is 1. The Hall–Kier alpha value is -1.85. The summed E-state index contributed by atoms with van der Waals surface area (Å²) < 4.78 is 32.5. The molecule has 1 saturated carbocycles. The fraction of sp³-hybridized carbons (Fsp3) is 0.500. The Morgan fingerprint density at radius 3 is 2.40 bits per heavy atom. The summed E-state index contributed by atoms with van der Waals surface area (Å²) in [6, 6.07) is 0.715. The highest BCUT2D eigenvalue weighted by atomic mass is 19.2. The summed E-state index contributed by atoms with van der Waals surface area (Å²) in [5.41, 5.74) is -2.09. The van der Waals surface area contributed by atoms with Crippen LogP contribution in [0.5, 0.6) is 11.5 Å². The largest absolute Gasteiger partial charge is 0.504 e. The third-order valence-electron chi connectivity index (χ3n) is 3.97. The van der Waals surface area contributed by atoms with Crippen LogP contribution in [0, 0.1) is 11.6 Å². The minimum absolute atomic E-state index is 0.166. The molecule has 1 aromatic carbocycles. The van der Waals surface area contributed by atoms with Crippen molar-refractivity contribution >= 4 is 5.97 Å². The van der Waals surface area contributed by atoms with E-state index in [0.29, 0.717) is 18.9 Å². The molecule has 1 aliphatic carbocycles. The number of halogens is 2. The highest BCUT2D eigenvalue weighted by molar-refractivity contribution is 5.83. The van der Waals surface area contributed by atoms with Gasteiger partial charge in [-0.1, -0.05) is 19.3 Å². The Morgan fingerprint density at radius 1 is 1.30 bits per heavy atom. The van der Waals surface area contributed by atoms with Crippen molar-refractivity contribution in [1.82, 2.24) is 0 Å². The van der Waals surface area contributed by atoms with Crippen LogP contribution < -0.4 is 4.74 Å². The van der Waals surface area contributed by atoms with Crippen molar-refractivity contribution in [2.24, 2.45) is 0 Å². The van der Waals surface area contributed by atoms with Gasteiger partial charge in [-0.15, -0.1) is 0 Å². The summed E-state index contributed by atoms with van der Waals surface area (Å²) in [5, 5.41) is 19.6. The monoisotopic (exact) mass is 286 g/mol. The third kappa shape index (κ3) is 2.09. The van der Waals surface area contributed by atoms with E-state index in [9.17, 15) is 23.8 Å². The molecule has 0 aromatic heterocycles. The van der Waals surface area contributed by atoms with Crippen LogP contribution in [0.4, 0.5) is 8.78 Å².